The standard InChI is InChI=1S/C29H29FN2O4S/c30-21-14-20(29(28(33)34)7-11-35-12-8-29)15-22(16-21)36-18-19-5-6-24-25(13-19)32-10-9-31-27(32)17-26(24)37-23-3-1-2-4-23/h5-6,9-10,13-17,23H,1-4,7-8,11-12,18H2,(H,33,34). The second-order valence-electron chi connectivity index (χ2n) is 10.0. The Hall–Kier alpha value is -3.10. The molecule has 2 fully saturated rings. The number of pyridine rings is 1. The van der Waals surface area contributed by atoms with Gasteiger partial charge in [0, 0.05) is 47.2 Å². The van der Waals surface area contributed by atoms with E-state index in [1.54, 1.807) is 6.07 Å². The smallest absolute Gasteiger partial charge is 0.314 e. The van der Waals surface area contributed by atoms with E-state index in [2.05, 4.69) is 27.6 Å². The Labute approximate surface area is 218 Å². The number of fused-ring (bicyclic) bond motifs is 3. The number of rotatable bonds is 7. The van der Waals surface area contributed by atoms with Crippen molar-refractivity contribution < 1.29 is 23.8 Å². The number of carboxylic acid groups (broad SMARTS) is 1. The predicted molar refractivity (Wildman–Crippen MR) is 141 cm³/mol. The van der Waals surface area contributed by atoms with Gasteiger partial charge in [0.15, 0.2) is 0 Å². The number of aliphatic carboxylic acids is 1. The molecule has 4 aromatic rings. The number of benzene rings is 2. The molecule has 0 bridgehead atoms. The van der Waals surface area contributed by atoms with Crippen LogP contribution >= 0.6 is 11.8 Å². The number of aromatic nitrogens is 2. The van der Waals surface area contributed by atoms with Crippen molar-refractivity contribution in [3.63, 3.8) is 0 Å². The SMILES string of the molecule is O=C(O)C1(c2cc(F)cc(OCc3ccc4c(SC5CCCC5)cc5nccn5c4c3)c2)CCOCC1. The molecule has 1 aliphatic heterocycles. The van der Waals surface area contributed by atoms with Gasteiger partial charge in [0.05, 0.1) is 10.9 Å². The molecule has 0 unspecified atom stereocenters. The lowest BCUT2D eigenvalue weighted by Crippen LogP contribution is -2.41. The van der Waals surface area contributed by atoms with Crippen LogP contribution in [0.25, 0.3) is 16.6 Å². The van der Waals surface area contributed by atoms with E-state index in [4.69, 9.17) is 9.47 Å². The number of hydrogen-bond donors (Lipinski definition) is 1. The molecule has 1 aliphatic carbocycles. The highest BCUT2D eigenvalue weighted by Crippen LogP contribution is 2.40. The topological polar surface area (TPSA) is 73.1 Å². The van der Waals surface area contributed by atoms with E-state index in [0.717, 1.165) is 16.7 Å². The number of carboxylic acids is 1. The first-order valence-electron chi connectivity index (χ1n) is 12.8. The fourth-order valence-corrected chi connectivity index (χ4v) is 7.01. The van der Waals surface area contributed by atoms with E-state index in [0.29, 0.717) is 42.6 Å². The van der Waals surface area contributed by atoms with Crippen molar-refractivity contribution >= 4 is 34.3 Å². The summed E-state index contributed by atoms with van der Waals surface area (Å²) in [5.74, 6) is -1.15. The Kier molecular flexibility index (Phi) is 6.55. The van der Waals surface area contributed by atoms with Crippen LogP contribution in [-0.2, 0) is 21.6 Å². The fourth-order valence-electron chi connectivity index (χ4n) is 5.61. The van der Waals surface area contributed by atoms with Gasteiger partial charge in [-0.3, -0.25) is 9.20 Å². The molecule has 2 aromatic heterocycles. The molecule has 0 spiro atoms. The minimum atomic E-state index is -1.16. The summed E-state index contributed by atoms with van der Waals surface area (Å²) >= 11 is 1.95. The van der Waals surface area contributed by atoms with Gasteiger partial charge in [-0.25, -0.2) is 9.37 Å². The van der Waals surface area contributed by atoms with E-state index < -0.39 is 17.2 Å². The fraction of sp³-hybridized carbons (Fsp3) is 0.379. The summed E-state index contributed by atoms with van der Waals surface area (Å²) in [6.45, 7) is 0.901. The number of thioether (sulfide) groups is 1. The van der Waals surface area contributed by atoms with Gasteiger partial charge in [-0.1, -0.05) is 25.0 Å². The quantitative estimate of drug-likeness (QED) is 0.305. The summed E-state index contributed by atoms with van der Waals surface area (Å²) < 4.78 is 28.1. The third-order valence-corrected chi connectivity index (χ3v) is 9.09. The van der Waals surface area contributed by atoms with Crippen molar-refractivity contribution in [1.82, 2.24) is 9.38 Å². The van der Waals surface area contributed by atoms with Gasteiger partial charge in [0.1, 0.15) is 23.8 Å². The van der Waals surface area contributed by atoms with Crippen LogP contribution in [0.3, 0.4) is 0 Å². The van der Waals surface area contributed by atoms with Gasteiger partial charge in [0.2, 0.25) is 0 Å². The summed E-state index contributed by atoms with van der Waals surface area (Å²) in [5, 5.41) is 11.8. The molecule has 1 saturated heterocycles. The molecule has 3 heterocycles. The van der Waals surface area contributed by atoms with Crippen LogP contribution < -0.4 is 4.74 Å². The van der Waals surface area contributed by atoms with E-state index in [9.17, 15) is 14.3 Å². The Morgan fingerprint density at radius 1 is 1.16 bits per heavy atom. The highest BCUT2D eigenvalue weighted by molar-refractivity contribution is 8.00. The first-order valence-corrected chi connectivity index (χ1v) is 13.7. The van der Waals surface area contributed by atoms with Crippen LogP contribution in [0.15, 0.2) is 59.8 Å². The Bertz CT molecular complexity index is 1460. The monoisotopic (exact) mass is 520 g/mol. The third kappa shape index (κ3) is 4.68. The van der Waals surface area contributed by atoms with Gasteiger partial charge < -0.3 is 14.6 Å². The number of halogens is 1. The molecule has 2 aliphatic rings. The second-order valence-corrected chi connectivity index (χ2v) is 11.3. The van der Waals surface area contributed by atoms with Crippen molar-refractivity contribution in [1.29, 1.82) is 0 Å². The van der Waals surface area contributed by atoms with Crippen molar-refractivity contribution in [3.05, 3.63) is 71.8 Å². The van der Waals surface area contributed by atoms with Crippen molar-refractivity contribution in [3.8, 4) is 5.75 Å². The minimum Gasteiger partial charge on any atom is -0.489 e. The number of ether oxygens (including phenoxy) is 2. The number of imidazole rings is 1. The third-order valence-electron chi connectivity index (χ3n) is 7.70. The van der Waals surface area contributed by atoms with E-state index in [1.807, 2.05) is 30.2 Å². The van der Waals surface area contributed by atoms with Gasteiger partial charge >= 0.3 is 5.97 Å². The molecule has 1 N–H and O–H groups in total. The maximum atomic E-state index is 14.6. The summed E-state index contributed by atoms with van der Waals surface area (Å²) in [6.07, 6.45) is 9.48. The second kappa shape index (κ2) is 9.99. The molecular formula is C29H29FN2O4S. The van der Waals surface area contributed by atoms with Crippen LogP contribution in [-0.4, -0.2) is 38.9 Å². The maximum Gasteiger partial charge on any atom is 0.314 e. The van der Waals surface area contributed by atoms with Crippen LogP contribution in [0.4, 0.5) is 4.39 Å². The average Bonchev–Trinajstić information content (AvgIpc) is 3.60. The Balaban J connectivity index is 1.29. The number of nitrogens with zero attached hydrogens (tertiary/aromatic N) is 2. The molecule has 1 saturated carbocycles. The zero-order valence-corrected chi connectivity index (χ0v) is 21.3. The van der Waals surface area contributed by atoms with Gasteiger partial charge in [0.25, 0.3) is 0 Å². The minimum absolute atomic E-state index is 0.234. The molecule has 2 aromatic carbocycles. The Morgan fingerprint density at radius 2 is 1.97 bits per heavy atom. The lowest BCUT2D eigenvalue weighted by molar-refractivity contribution is -0.147. The molecule has 0 atom stereocenters. The van der Waals surface area contributed by atoms with Crippen LogP contribution in [0.1, 0.15) is 49.7 Å². The van der Waals surface area contributed by atoms with Crippen LogP contribution in [0, 0.1) is 5.82 Å². The van der Waals surface area contributed by atoms with Gasteiger partial charge in [-0.2, -0.15) is 0 Å². The lowest BCUT2D eigenvalue weighted by atomic mass is 9.74. The highest BCUT2D eigenvalue weighted by Gasteiger charge is 2.42. The lowest BCUT2D eigenvalue weighted by Gasteiger charge is -2.33. The molecule has 37 heavy (non-hydrogen) atoms. The molecular weight excluding hydrogens is 491 g/mol. The van der Waals surface area contributed by atoms with E-state index in [-0.39, 0.29) is 6.61 Å². The largest absolute Gasteiger partial charge is 0.489 e. The van der Waals surface area contributed by atoms with Crippen LogP contribution in [0.5, 0.6) is 5.75 Å². The Morgan fingerprint density at radius 3 is 2.76 bits per heavy atom. The maximum absolute atomic E-state index is 14.6. The van der Waals surface area contributed by atoms with Gasteiger partial charge in [-0.05, 0) is 61.1 Å². The van der Waals surface area contributed by atoms with Crippen molar-refractivity contribution in [2.45, 2.75) is 60.7 Å². The summed E-state index contributed by atoms with van der Waals surface area (Å²) in [5.41, 5.74) is 2.17. The predicted octanol–water partition coefficient (Wildman–Crippen LogP) is 6.37. The van der Waals surface area contributed by atoms with Gasteiger partial charge in [-0.15, -0.1) is 11.8 Å². The normalized spacial score (nSPS) is 18.0. The number of carbonyl (C=O) groups is 1. The first-order chi connectivity index (χ1) is 18.0. The van der Waals surface area contributed by atoms with Crippen LogP contribution in [0.2, 0.25) is 0 Å². The summed E-state index contributed by atoms with van der Waals surface area (Å²) in [6, 6.07) is 12.7. The van der Waals surface area contributed by atoms with E-state index >= 15 is 0 Å². The highest BCUT2D eigenvalue weighted by atomic mass is 32.2. The molecule has 6 nitrogen and oxygen atoms in total. The zero-order valence-electron chi connectivity index (χ0n) is 20.5. The molecule has 0 amide bonds. The zero-order chi connectivity index (χ0) is 25.4. The van der Waals surface area contributed by atoms with Crippen molar-refractivity contribution in [2.75, 3.05) is 13.2 Å². The average molecular weight is 521 g/mol. The van der Waals surface area contributed by atoms with Crippen molar-refractivity contribution in [2.24, 2.45) is 0 Å². The first kappa shape index (κ1) is 24.2. The summed E-state index contributed by atoms with van der Waals surface area (Å²) in [4.78, 5) is 18.0. The molecule has 192 valence electrons. The van der Waals surface area contributed by atoms with E-state index in [1.165, 1.54) is 48.1 Å². The number of hydrogen-bond acceptors (Lipinski definition) is 5. The molecule has 8 heteroatoms. The molecule has 0 radical (unpaired) electrons. The summed E-state index contributed by atoms with van der Waals surface area (Å²) in [7, 11) is 0. The molecule has 6 rings (SSSR count).